The third-order valence-electron chi connectivity index (χ3n) is 2.23. The predicted octanol–water partition coefficient (Wildman–Crippen LogP) is 2.79. The van der Waals surface area contributed by atoms with Crippen molar-refractivity contribution in [2.75, 3.05) is 0 Å². The number of nitriles is 2. The molecule has 0 spiro atoms. The molecule has 1 aliphatic carbocycles. The Hall–Kier alpha value is -0.580. The fraction of sp³-hybridized carbons (Fsp3) is 0.200. The molecule has 82 valence electrons. The molecular weight excluding hydrogens is 260 g/mol. The monoisotopic (exact) mass is 270 g/mol. The van der Waals surface area contributed by atoms with E-state index in [2.05, 4.69) is 33.8 Å². The van der Waals surface area contributed by atoms with Crippen LogP contribution in [0.4, 0.5) is 4.39 Å². The van der Waals surface area contributed by atoms with Gasteiger partial charge in [-0.2, -0.15) is 10.5 Å². The van der Waals surface area contributed by atoms with E-state index in [4.69, 9.17) is 10.5 Å². The van der Waals surface area contributed by atoms with Crippen molar-refractivity contribution >= 4 is 27.7 Å². The van der Waals surface area contributed by atoms with Gasteiger partial charge in [0.15, 0.2) is 0 Å². The molecule has 0 saturated heterocycles. The van der Waals surface area contributed by atoms with Crippen LogP contribution in [0.3, 0.4) is 0 Å². The zero-order valence-electron chi connectivity index (χ0n) is 8.37. The molecule has 0 bridgehead atoms. The Morgan fingerprint density at radius 3 is 2.44 bits per heavy atom. The van der Waals surface area contributed by atoms with Gasteiger partial charge in [-0.25, -0.2) is 4.39 Å². The minimum Gasteiger partial charge on any atom is -0.207 e. The van der Waals surface area contributed by atoms with Gasteiger partial charge in [-0.1, -0.05) is 0 Å². The first-order valence-corrected chi connectivity index (χ1v) is 6.24. The van der Waals surface area contributed by atoms with Gasteiger partial charge in [0.25, 0.3) is 0 Å². The number of rotatable bonds is 1. The molecule has 0 fully saturated rings. The molecule has 0 aromatic heterocycles. The topological polar surface area (TPSA) is 47.6 Å². The highest BCUT2D eigenvalue weighted by Gasteiger charge is 2.21. The van der Waals surface area contributed by atoms with Crippen LogP contribution in [0.1, 0.15) is 6.42 Å². The second-order valence-corrected chi connectivity index (χ2v) is 5.08. The molecule has 0 aromatic rings. The van der Waals surface area contributed by atoms with E-state index >= 15 is 0 Å². The number of halogens is 1. The van der Waals surface area contributed by atoms with Gasteiger partial charge in [-0.3, -0.25) is 0 Å². The molecule has 4 unspecified atom stereocenters. The van der Waals surface area contributed by atoms with E-state index in [1.54, 1.807) is 0 Å². The normalized spacial score (nSPS) is 21.1. The van der Waals surface area contributed by atoms with Gasteiger partial charge in [0.2, 0.25) is 0 Å². The van der Waals surface area contributed by atoms with Gasteiger partial charge in [0.1, 0.15) is 5.83 Å². The summed E-state index contributed by atoms with van der Waals surface area (Å²) in [6, 6.07) is 3.97. The summed E-state index contributed by atoms with van der Waals surface area (Å²) in [5.41, 5.74) is 0.447. The van der Waals surface area contributed by atoms with Gasteiger partial charge < -0.3 is 0 Å². The quantitative estimate of drug-likeness (QED) is 0.688. The lowest BCUT2D eigenvalue weighted by molar-refractivity contribution is 0.643. The molecule has 2 nitrogen and oxygen atoms in total. The van der Waals surface area contributed by atoms with Crippen LogP contribution in [0.2, 0.25) is 0 Å². The smallest absolute Gasteiger partial charge is 0.125 e. The van der Waals surface area contributed by atoms with Crippen molar-refractivity contribution in [2.45, 2.75) is 12.1 Å². The fourth-order valence-electron chi connectivity index (χ4n) is 1.35. The highest BCUT2D eigenvalue weighted by Crippen LogP contribution is 2.39. The van der Waals surface area contributed by atoms with E-state index in [0.717, 1.165) is 0 Å². The number of allylic oxidation sites excluding steroid dienone is 6. The van der Waals surface area contributed by atoms with E-state index in [1.165, 1.54) is 6.08 Å². The summed E-state index contributed by atoms with van der Waals surface area (Å²) in [4.78, 5) is 0. The molecule has 0 amide bonds. The van der Waals surface area contributed by atoms with Crippen LogP contribution in [0.15, 0.2) is 33.7 Å². The molecule has 4 atom stereocenters. The highest BCUT2D eigenvalue weighted by molar-refractivity contribution is 7.30. The van der Waals surface area contributed by atoms with Crippen molar-refractivity contribution in [3.8, 4) is 12.1 Å². The lowest BCUT2D eigenvalue weighted by Crippen LogP contribution is -1.97. The van der Waals surface area contributed by atoms with E-state index < -0.39 is 5.83 Å². The van der Waals surface area contributed by atoms with Crippen LogP contribution in [-0.2, 0) is 0 Å². The lowest BCUT2D eigenvalue weighted by atomic mass is 10.1. The molecule has 1 rings (SSSR count). The summed E-state index contributed by atoms with van der Waals surface area (Å²) in [7, 11) is 7.23. The van der Waals surface area contributed by atoms with Crippen molar-refractivity contribution in [3.05, 3.63) is 33.7 Å². The molecule has 6 heteroatoms. The van der Waals surface area contributed by atoms with Gasteiger partial charge in [0.05, 0.1) is 18.6 Å². The molecule has 0 aliphatic heterocycles. The molecular formula is C10H10FN2P3. The van der Waals surface area contributed by atoms with Crippen molar-refractivity contribution in [1.29, 1.82) is 10.5 Å². The SMILES string of the molecule is N#CCC1=C(P)C(P)=C(C#N)C(P)C=C1F. The first-order chi connectivity index (χ1) is 7.52. The maximum absolute atomic E-state index is 13.8. The zero-order valence-corrected chi connectivity index (χ0v) is 11.8. The third kappa shape index (κ3) is 2.56. The van der Waals surface area contributed by atoms with Gasteiger partial charge in [-0.05, 0) is 16.7 Å². The maximum Gasteiger partial charge on any atom is 0.125 e. The number of hydrogen-bond acceptors (Lipinski definition) is 2. The fourth-order valence-corrected chi connectivity index (χ4v) is 2.79. The Balaban J connectivity index is 3.44. The molecule has 16 heavy (non-hydrogen) atoms. The summed E-state index contributed by atoms with van der Waals surface area (Å²) < 4.78 is 13.8. The van der Waals surface area contributed by atoms with E-state index in [1.807, 2.05) is 6.07 Å². The summed E-state index contributed by atoms with van der Waals surface area (Å²) in [6.45, 7) is 0. The first-order valence-electron chi connectivity index (χ1n) is 4.41. The maximum atomic E-state index is 13.8. The molecule has 0 saturated carbocycles. The molecule has 0 heterocycles. The Morgan fingerprint density at radius 1 is 1.31 bits per heavy atom. The van der Waals surface area contributed by atoms with Crippen LogP contribution in [-0.4, -0.2) is 5.66 Å². The Labute approximate surface area is 101 Å². The Bertz CT molecular complexity index is 491. The molecule has 0 N–H and O–H groups in total. The van der Waals surface area contributed by atoms with Crippen LogP contribution in [0.5, 0.6) is 0 Å². The Kier molecular flexibility index (Phi) is 4.77. The van der Waals surface area contributed by atoms with Crippen LogP contribution < -0.4 is 0 Å². The molecule has 0 radical (unpaired) electrons. The van der Waals surface area contributed by atoms with Crippen molar-refractivity contribution in [2.24, 2.45) is 0 Å². The summed E-state index contributed by atoms with van der Waals surface area (Å²) >= 11 is 0. The van der Waals surface area contributed by atoms with Crippen molar-refractivity contribution in [1.82, 2.24) is 0 Å². The summed E-state index contributed by atoms with van der Waals surface area (Å²) in [5.74, 6) is -0.434. The van der Waals surface area contributed by atoms with E-state index in [9.17, 15) is 4.39 Å². The molecule has 0 aromatic carbocycles. The van der Waals surface area contributed by atoms with Crippen LogP contribution in [0.25, 0.3) is 0 Å². The van der Waals surface area contributed by atoms with E-state index in [-0.39, 0.29) is 12.1 Å². The van der Waals surface area contributed by atoms with Gasteiger partial charge >= 0.3 is 0 Å². The van der Waals surface area contributed by atoms with Crippen molar-refractivity contribution < 1.29 is 4.39 Å². The predicted molar refractivity (Wildman–Crippen MR) is 72.0 cm³/mol. The summed E-state index contributed by atoms with van der Waals surface area (Å²) in [6.07, 6.45) is 1.34. The summed E-state index contributed by atoms with van der Waals surface area (Å²) in [5, 5.41) is 18.8. The second kappa shape index (κ2) is 5.66. The second-order valence-electron chi connectivity index (χ2n) is 3.21. The van der Waals surface area contributed by atoms with Crippen LogP contribution in [0, 0.1) is 22.7 Å². The van der Waals surface area contributed by atoms with Crippen molar-refractivity contribution in [3.63, 3.8) is 0 Å². The molecule has 1 aliphatic rings. The van der Waals surface area contributed by atoms with E-state index in [0.29, 0.717) is 21.8 Å². The average Bonchev–Trinajstić information content (AvgIpc) is 2.31. The standard InChI is InChI=1S/C10H10FN2P3/c11-7-3-8(14)6(4-13)10(16)9(15)5(7)1-2-12/h3,8H,1,14-16H2. The largest absolute Gasteiger partial charge is 0.207 e. The van der Waals surface area contributed by atoms with Crippen LogP contribution >= 0.6 is 27.7 Å². The average molecular weight is 270 g/mol. The number of nitrogens with zero attached hydrogens (tertiary/aromatic N) is 2. The first kappa shape index (κ1) is 13.5. The number of hydrogen-bond donors (Lipinski definition) is 0. The minimum absolute atomic E-state index is 0.00480. The highest BCUT2D eigenvalue weighted by atomic mass is 31.0. The minimum atomic E-state index is -0.434. The van der Waals surface area contributed by atoms with Gasteiger partial charge in [0, 0.05) is 16.8 Å². The zero-order chi connectivity index (χ0) is 12.3. The van der Waals surface area contributed by atoms with Gasteiger partial charge in [-0.15, -0.1) is 27.7 Å². The lowest BCUT2D eigenvalue weighted by Gasteiger charge is -2.07. The Morgan fingerprint density at radius 2 is 1.94 bits per heavy atom. The third-order valence-corrected chi connectivity index (χ3v) is 4.37.